The molecule has 1 N–H and O–H groups in total. The maximum absolute atomic E-state index is 12.7. The molecule has 0 saturated heterocycles. The quantitative estimate of drug-likeness (QED) is 0.577. The van der Waals surface area contributed by atoms with Gasteiger partial charge in [0.25, 0.3) is 0 Å². The lowest BCUT2D eigenvalue weighted by Crippen LogP contribution is -2.24. The second kappa shape index (κ2) is 9.47. The van der Waals surface area contributed by atoms with Crippen molar-refractivity contribution in [2.75, 3.05) is 7.11 Å². The Bertz CT molecular complexity index is 1150. The van der Waals surface area contributed by atoms with Crippen LogP contribution in [0, 0.1) is 0 Å². The average Bonchev–Trinajstić information content (AvgIpc) is 3.32. The Labute approximate surface area is 187 Å². The number of amides is 1. The number of rotatable bonds is 6. The first-order valence-corrected chi connectivity index (χ1v) is 10.3. The number of carbonyl (C=O) groups excluding carboxylic acids is 1. The van der Waals surface area contributed by atoms with E-state index in [0.717, 1.165) is 36.9 Å². The highest BCUT2D eigenvalue weighted by Gasteiger charge is 2.38. The zero-order valence-corrected chi connectivity index (χ0v) is 17.7. The monoisotopic (exact) mass is 462 g/mol. The number of alkyl carbamates (subject to hydrolysis) is 1. The maximum Gasteiger partial charge on any atom is 0.471 e. The number of ether oxygens (including phenoxy) is 2. The molecule has 8 nitrogen and oxygen atoms in total. The summed E-state index contributed by atoms with van der Waals surface area (Å²) in [7, 11) is 1.40. The topological polar surface area (TPSA) is 99.4 Å². The number of carbonyl (C=O) groups is 1. The molecule has 4 rings (SSSR count). The van der Waals surface area contributed by atoms with Gasteiger partial charge in [-0.05, 0) is 43.4 Å². The minimum Gasteiger partial charge on any atom is -0.496 e. The van der Waals surface area contributed by atoms with Gasteiger partial charge in [-0.1, -0.05) is 17.3 Å². The van der Waals surface area contributed by atoms with Crippen LogP contribution in [0.4, 0.5) is 18.0 Å². The van der Waals surface area contributed by atoms with E-state index in [-0.39, 0.29) is 24.5 Å². The molecular weight excluding hydrogens is 441 g/mol. The Balaban J connectivity index is 1.35. The number of hydrogen-bond acceptors (Lipinski definition) is 7. The molecule has 0 radical (unpaired) electrons. The molecule has 174 valence electrons. The molecule has 1 aromatic carbocycles. The summed E-state index contributed by atoms with van der Waals surface area (Å²) in [6.45, 7) is 0.187. The van der Waals surface area contributed by atoms with Crippen molar-refractivity contribution in [2.45, 2.75) is 45.0 Å². The number of aryl methyl sites for hydroxylation is 2. The van der Waals surface area contributed by atoms with Crippen molar-refractivity contribution in [1.29, 1.82) is 0 Å². The molecule has 0 aliphatic heterocycles. The number of alkyl halides is 3. The van der Waals surface area contributed by atoms with Crippen molar-refractivity contribution in [2.24, 2.45) is 0 Å². The molecule has 3 aromatic rings. The Morgan fingerprint density at radius 2 is 2.03 bits per heavy atom. The number of nitrogens with zero attached hydrogens (tertiary/aromatic N) is 3. The normalized spacial score (nSPS) is 13.3. The van der Waals surface area contributed by atoms with Gasteiger partial charge < -0.3 is 19.3 Å². The van der Waals surface area contributed by atoms with Gasteiger partial charge in [-0.3, -0.25) is 4.98 Å². The van der Waals surface area contributed by atoms with Crippen LogP contribution >= 0.6 is 0 Å². The molecule has 1 aliphatic carbocycles. The lowest BCUT2D eigenvalue weighted by molar-refractivity contribution is -0.159. The summed E-state index contributed by atoms with van der Waals surface area (Å²) in [6.07, 6.45) is 0.623. The van der Waals surface area contributed by atoms with Gasteiger partial charge in [-0.25, -0.2) is 4.79 Å². The Morgan fingerprint density at radius 1 is 1.21 bits per heavy atom. The van der Waals surface area contributed by atoms with Crippen LogP contribution in [-0.2, 0) is 36.9 Å². The van der Waals surface area contributed by atoms with E-state index in [9.17, 15) is 18.0 Å². The van der Waals surface area contributed by atoms with E-state index in [1.165, 1.54) is 24.8 Å². The van der Waals surface area contributed by atoms with Gasteiger partial charge >= 0.3 is 18.2 Å². The number of halogens is 3. The highest BCUT2D eigenvalue weighted by atomic mass is 19.4. The van der Waals surface area contributed by atoms with Crippen LogP contribution in [0.15, 0.2) is 35.0 Å². The number of benzene rings is 1. The van der Waals surface area contributed by atoms with Crippen molar-refractivity contribution in [3.63, 3.8) is 0 Å². The first kappa shape index (κ1) is 22.6. The van der Waals surface area contributed by atoms with Crippen LogP contribution in [-0.4, -0.2) is 28.3 Å². The number of pyridine rings is 1. The predicted octanol–water partition coefficient (Wildman–Crippen LogP) is 4.46. The van der Waals surface area contributed by atoms with E-state index in [1.54, 1.807) is 12.3 Å². The minimum atomic E-state index is -4.73. The number of methoxy groups -OCH3 is 1. The van der Waals surface area contributed by atoms with Gasteiger partial charge in [-0.15, -0.1) is 0 Å². The average molecular weight is 462 g/mol. The molecule has 0 atom stereocenters. The highest BCUT2D eigenvalue weighted by Crippen LogP contribution is 2.31. The van der Waals surface area contributed by atoms with Crippen molar-refractivity contribution in [3.8, 4) is 17.1 Å². The summed E-state index contributed by atoms with van der Waals surface area (Å²) in [5.41, 5.74) is 4.01. The summed E-state index contributed by atoms with van der Waals surface area (Å²) in [5, 5.41) is 5.98. The lowest BCUT2D eigenvalue weighted by Gasteiger charge is -2.15. The molecule has 11 heteroatoms. The Hall–Kier alpha value is -3.63. The van der Waals surface area contributed by atoms with Crippen LogP contribution in [0.25, 0.3) is 11.4 Å². The Kier molecular flexibility index (Phi) is 6.47. The SMILES string of the molecule is COc1cc(-c2noc(C(F)(F)F)n2)ccc1CNC(=O)OCc1cnc2c(c1)CCCC2. The van der Waals surface area contributed by atoms with Crippen LogP contribution in [0.1, 0.15) is 41.1 Å². The molecule has 2 heterocycles. The second-order valence-electron chi connectivity index (χ2n) is 7.53. The third-order valence-electron chi connectivity index (χ3n) is 5.23. The number of aromatic nitrogens is 3. The highest BCUT2D eigenvalue weighted by molar-refractivity contribution is 5.67. The van der Waals surface area contributed by atoms with Crippen LogP contribution < -0.4 is 10.1 Å². The largest absolute Gasteiger partial charge is 0.496 e. The van der Waals surface area contributed by atoms with E-state index in [2.05, 4.69) is 25.0 Å². The molecule has 0 unspecified atom stereocenters. The number of nitrogens with one attached hydrogen (secondary N) is 1. The fourth-order valence-electron chi connectivity index (χ4n) is 3.57. The first-order chi connectivity index (χ1) is 15.8. The van der Waals surface area contributed by atoms with E-state index in [0.29, 0.717) is 11.3 Å². The third kappa shape index (κ3) is 5.41. The number of fused-ring (bicyclic) bond motifs is 1. The third-order valence-corrected chi connectivity index (χ3v) is 5.23. The molecule has 2 aromatic heterocycles. The Morgan fingerprint density at radius 3 is 2.79 bits per heavy atom. The van der Waals surface area contributed by atoms with Crippen LogP contribution in [0.2, 0.25) is 0 Å². The maximum atomic E-state index is 12.7. The molecule has 0 saturated carbocycles. The summed E-state index contributed by atoms with van der Waals surface area (Å²) >= 11 is 0. The molecule has 33 heavy (non-hydrogen) atoms. The molecular formula is C22H21F3N4O4. The first-order valence-electron chi connectivity index (χ1n) is 10.3. The fourth-order valence-corrected chi connectivity index (χ4v) is 3.57. The molecule has 0 fully saturated rings. The zero-order chi connectivity index (χ0) is 23.4. The van der Waals surface area contributed by atoms with Gasteiger partial charge in [0.1, 0.15) is 12.4 Å². The van der Waals surface area contributed by atoms with E-state index in [1.807, 2.05) is 6.07 Å². The summed E-state index contributed by atoms with van der Waals surface area (Å²) < 4.78 is 52.8. The van der Waals surface area contributed by atoms with Crippen molar-refractivity contribution < 1.29 is 32.0 Å². The molecule has 1 amide bonds. The molecule has 1 aliphatic rings. The van der Waals surface area contributed by atoms with Crippen LogP contribution in [0.5, 0.6) is 5.75 Å². The van der Waals surface area contributed by atoms with E-state index >= 15 is 0 Å². The van der Waals surface area contributed by atoms with Crippen molar-refractivity contribution in [3.05, 3.63) is 58.7 Å². The van der Waals surface area contributed by atoms with E-state index in [4.69, 9.17) is 9.47 Å². The fraction of sp³-hybridized carbons (Fsp3) is 0.364. The summed E-state index contributed by atoms with van der Waals surface area (Å²) in [4.78, 5) is 19.9. The lowest BCUT2D eigenvalue weighted by atomic mass is 9.95. The second-order valence-corrected chi connectivity index (χ2v) is 7.53. The molecule has 0 bridgehead atoms. The van der Waals surface area contributed by atoms with Gasteiger partial charge in [-0.2, -0.15) is 18.2 Å². The number of hydrogen-bond donors (Lipinski definition) is 1. The van der Waals surface area contributed by atoms with Gasteiger partial charge in [0.05, 0.1) is 7.11 Å². The van der Waals surface area contributed by atoms with Gasteiger partial charge in [0, 0.05) is 35.1 Å². The van der Waals surface area contributed by atoms with Gasteiger partial charge in [0.15, 0.2) is 0 Å². The van der Waals surface area contributed by atoms with Crippen molar-refractivity contribution in [1.82, 2.24) is 20.4 Å². The minimum absolute atomic E-state index is 0.0881. The van der Waals surface area contributed by atoms with Crippen LogP contribution in [0.3, 0.4) is 0 Å². The zero-order valence-electron chi connectivity index (χ0n) is 17.7. The van der Waals surface area contributed by atoms with E-state index < -0.39 is 18.2 Å². The summed E-state index contributed by atoms with van der Waals surface area (Å²) in [5.74, 6) is -1.32. The summed E-state index contributed by atoms with van der Waals surface area (Å²) in [6, 6.07) is 6.59. The van der Waals surface area contributed by atoms with Crippen molar-refractivity contribution >= 4 is 6.09 Å². The van der Waals surface area contributed by atoms with Gasteiger partial charge in [0.2, 0.25) is 5.82 Å². The molecule has 0 spiro atoms. The standard InChI is InChI=1S/C22H21F3N4O4/c1-31-18-9-15(19-28-20(33-29-19)22(23,24)25)6-7-16(18)11-27-21(30)32-12-13-8-14-4-2-3-5-17(14)26-10-13/h6-10H,2-5,11-12H2,1H3,(H,27,30). The smallest absolute Gasteiger partial charge is 0.471 e. The predicted molar refractivity (Wildman–Crippen MR) is 109 cm³/mol.